The number of hydrogen-bond acceptors (Lipinski definition) is 2. The third-order valence-electron chi connectivity index (χ3n) is 2.50. The summed E-state index contributed by atoms with van der Waals surface area (Å²) in [6, 6.07) is 13.3. The van der Waals surface area contributed by atoms with E-state index in [1.807, 2.05) is 42.7 Å². The van der Waals surface area contributed by atoms with Gasteiger partial charge in [-0.05, 0) is 58.6 Å². The zero-order valence-electron chi connectivity index (χ0n) is 10.1. The van der Waals surface area contributed by atoms with Crippen LogP contribution in [0.3, 0.4) is 0 Å². The van der Waals surface area contributed by atoms with Gasteiger partial charge in [0.25, 0.3) is 5.91 Å². The van der Waals surface area contributed by atoms with Crippen LogP contribution in [0.4, 0.5) is 5.69 Å². The van der Waals surface area contributed by atoms with Crippen LogP contribution in [-0.4, -0.2) is 12.2 Å². The second kappa shape index (κ2) is 6.59. The maximum atomic E-state index is 12.2. The first-order valence-corrected chi connectivity index (χ1v) is 8.31. The Morgan fingerprint density at radius 3 is 2.68 bits per heavy atom. The first-order valence-electron chi connectivity index (χ1n) is 5.50. The number of nitrogens with one attached hydrogen (secondary N) is 1. The molecular weight excluding hydrogens is 390 g/mol. The maximum Gasteiger partial charge on any atom is 0.256 e. The first kappa shape index (κ1) is 14.6. The molecule has 0 saturated carbocycles. The Labute approximate surface area is 133 Å². The smallest absolute Gasteiger partial charge is 0.256 e. The lowest BCUT2D eigenvalue weighted by atomic mass is 10.2. The van der Waals surface area contributed by atoms with Crippen molar-refractivity contribution in [1.82, 2.24) is 0 Å². The van der Waals surface area contributed by atoms with E-state index in [-0.39, 0.29) is 5.91 Å². The molecule has 2 aromatic rings. The van der Waals surface area contributed by atoms with E-state index < -0.39 is 0 Å². The fourth-order valence-electron chi connectivity index (χ4n) is 1.57. The molecule has 0 atom stereocenters. The Morgan fingerprint density at radius 2 is 1.95 bits per heavy atom. The minimum Gasteiger partial charge on any atom is -0.322 e. The van der Waals surface area contributed by atoms with Crippen LogP contribution in [-0.2, 0) is 0 Å². The van der Waals surface area contributed by atoms with Gasteiger partial charge < -0.3 is 5.32 Å². The van der Waals surface area contributed by atoms with Gasteiger partial charge in [-0.1, -0.05) is 22.0 Å². The molecule has 1 amide bonds. The molecule has 0 aromatic heterocycles. The highest BCUT2D eigenvalue weighted by Gasteiger charge is 2.11. The summed E-state index contributed by atoms with van der Waals surface area (Å²) in [4.78, 5) is 13.3. The van der Waals surface area contributed by atoms with E-state index in [1.165, 1.54) is 0 Å². The molecule has 98 valence electrons. The van der Waals surface area contributed by atoms with Gasteiger partial charge in [0, 0.05) is 19.5 Å². The summed E-state index contributed by atoms with van der Waals surface area (Å²) >= 11 is 8.40. The quantitative estimate of drug-likeness (QED) is 0.718. The van der Waals surface area contributed by atoms with E-state index in [1.54, 1.807) is 17.8 Å². The van der Waals surface area contributed by atoms with E-state index in [4.69, 9.17) is 0 Å². The average molecular weight is 401 g/mol. The fourth-order valence-corrected chi connectivity index (χ4v) is 2.82. The number of benzene rings is 2. The van der Waals surface area contributed by atoms with Crippen LogP contribution in [0.2, 0.25) is 0 Å². The third kappa shape index (κ3) is 3.84. The molecule has 1 N–H and O–H groups in total. The van der Waals surface area contributed by atoms with Gasteiger partial charge in [0.2, 0.25) is 0 Å². The van der Waals surface area contributed by atoms with Crippen LogP contribution in [0.15, 0.2) is 56.3 Å². The van der Waals surface area contributed by atoms with Crippen molar-refractivity contribution < 1.29 is 4.79 Å². The van der Waals surface area contributed by atoms with Gasteiger partial charge >= 0.3 is 0 Å². The Hall–Kier alpha value is -0.780. The summed E-state index contributed by atoms with van der Waals surface area (Å²) in [5, 5.41) is 2.90. The van der Waals surface area contributed by atoms with Gasteiger partial charge in [-0.25, -0.2) is 0 Å². The number of hydrogen-bond donors (Lipinski definition) is 1. The van der Waals surface area contributed by atoms with E-state index in [0.717, 1.165) is 19.5 Å². The highest BCUT2D eigenvalue weighted by Crippen LogP contribution is 2.24. The highest BCUT2D eigenvalue weighted by atomic mass is 79.9. The summed E-state index contributed by atoms with van der Waals surface area (Å²) in [5.74, 6) is -0.133. The van der Waals surface area contributed by atoms with Crippen molar-refractivity contribution in [3.63, 3.8) is 0 Å². The molecule has 0 saturated heterocycles. The largest absolute Gasteiger partial charge is 0.322 e. The molecule has 0 radical (unpaired) electrons. The number of carbonyl (C=O) groups is 1. The molecule has 0 fully saturated rings. The normalized spacial score (nSPS) is 10.3. The average Bonchev–Trinajstić information content (AvgIpc) is 2.41. The lowest BCUT2D eigenvalue weighted by Gasteiger charge is -2.08. The van der Waals surface area contributed by atoms with Gasteiger partial charge in [0.15, 0.2) is 0 Å². The monoisotopic (exact) mass is 399 g/mol. The van der Waals surface area contributed by atoms with Gasteiger partial charge in [-0.3, -0.25) is 4.79 Å². The second-order valence-corrected chi connectivity index (χ2v) is 6.46. The highest BCUT2D eigenvalue weighted by molar-refractivity contribution is 9.11. The molecule has 2 nitrogen and oxygen atoms in total. The van der Waals surface area contributed by atoms with Gasteiger partial charge in [-0.2, -0.15) is 0 Å². The number of rotatable bonds is 3. The minimum absolute atomic E-state index is 0.133. The Bertz CT molecular complexity index is 616. The molecule has 2 aromatic carbocycles. The maximum absolute atomic E-state index is 12.2. The molecule has 19 heavy (non-hydrogen) atoms. The van der Waals surface area contributed by atoms with Crippen LogP contribution in [0, 0.1) is 0 Å². The molecule has 0 heterocycles. The molecule has 0 spiro atoms. The van der Waals surface area contributed by atoms with E-state index in [0.29, 0.717) is 5.56 Å². The van der Waals surface area contributed by atoms with Crippen LogP contribution in [0.1, 0.15) is 10.4 Å². The molecular formula is C14H11Br2NOS. The van der Waals surface area contributed by atoms with Crippen LogP contribution in [0.5, 0.6) is 0 Å². The second-order valence-electron chi connectivity index (χ2n) is 3.81. The molecule has 0 aliphatic rings. The van der Waals surface area contributed by atoms with Gasteiger partial charge in [0.05, 0.1) is 5.56 Å². The fraction of sp³-hybridized carbons (Fsp3) is 0.0714. The predicted molar refractivity (Wildman–Crippen MR) is 88.0 cm³/mol. The Balaban J connectivity index is 2.23. The topological polar surface area (TPSA) is 29.1 Å². The SMILES string of the molecule is CSc1cccc(NC(=O)c2cc(Br)ccc2Br)c1. The molecule has 2 rings (SSSR count). The van der Waals surface area contributed by atoms with Gasteiger partial charge in [0.1, 0.15) is 0 Å². The van der Waals surface area contributed by atoms with Crippen molar-refractivity contribution in [2.24, 2.45) is 0 Å². The lowest BCUT2D eigenvalue weighted by molar-refractivity contribution is 0.102. The van der Waals surface area contributed by atoms with Crippen molar-refractivity contribution >= 4 is 55.2 Å². The Kier molecular flexibility index (Phi) is 5.07. The number of halogens is 2. The van der Waals surface area contributed by atoms with E-state index in [9.17, 15) is 4.79 Å². The standard InChI is InChI=1S/C14H11Br2NOS/c1-19-11-4-2-3-10(8-11)17-14(18)12-7-9(15)5-6-13(12)16/h2-8H,1H3,(H,17,18). The number of anilines is 1. The zero-order chi connectivity index (χ0) is 13.8. The Morgan fingerprint density at radius 1 is 1.16 bits per heavy atom. The summed E-state index contributed by atoms with van der Waals surface area (Å²) in [6.45, 7) is 0. The van der Waals surface area contributed by atoms with Crippen LogP contribution in [0.25, 0.3) is 0 Å². The zero-order valence-corrected chi connectivity index (χ0v) is 14.1. The summed E-state index contributed by atoms with van der Waals surface area (Å²) in [7, 11) is 0. The van der Waals surface area contributed by atoms with Crippen molar-refractivity contribution in [3.05, 3.63) is 57.0 Å². The van der Waals surface area contributed by atoms with E-state index >= 15 is 0 Å². The molecule has 0 aliphatic carbocycles. The predicted octanol–water partition coefficient (Wildman–Crippen LogP) is 5.19. The minimum atomic E-state index is -0.133. The molecule has 0 bridgehead atoms. The number of amides is 1. The molecule has 0 unspecified atom stereocenters. The van der Waals surface area contributed by atoms with Crippen molar-refractivity contribution in [3.8, 4) is 0 Å². The first-order chi connectivity index (χ1) is 9.10. The lowest BCUT2D eigenvalue weighted by Crippen LogP contribution is -2.12. The molecule has 0 aliphatic heterocycles. The summed E-state index contributed by atoms with van der Waals surface area (Å²) in [6.07, 6.45) is 2.01. The van der Waals surface area contributed by atoms with Crippen molar-refractivity contribution in [2.75, 3.05) is 11.6 Å². The van der Waals surface area contributed by atoms with Crippen molar-refractivity contribution in [2.45, 2.75) is 4.90 Å². The van der Waals surface area contributed by atoms with Crippen molar-refractivity contribution in [1.29, 1.82) is 0 Å². The van der Waals surface area contributed by atoms with Gasteiger partial charge in [-0.15, -0.1) is 11.8 Å². The van der Waals surface area contributed by atoms with Crippen LogP contribution >= 0.6 is 43.6 Å². The number of thioether (sulfide) groups is 1. The summed E-state index contributed by atoms with van der Waals surface area (Å²) < 4.78 is 1.65. The third-order valence-corrected chi connectivity index (χ3v) is 4.41. The number of carbonyl (C=O) groups excluding carboxylic acids is 1. The van der Waals surface area contributed by atoms with Crippen LogP contribution < -0.4 is 5.32 Å². The summed E-state index contributed by atoms with van der Waals surface area (Å²) in [5.41, 5.74) is 1.40. The molecule has 5 heteroatoms. The van der Waals surface area contributed by atoms with E-state index in [2.05, 4.69) is 37.2 Å².